The monoisotopic (exact) mass is 439 g/mol. The van der Waals surface area contributed by atoms with Gasteiger partial charge >= 0.3 is 0 Å². The van der Waals surface area contributed by atoms with Crippen molar-refractivity contribution in [2.24, 2.45) is 5.10 Å². The van der Waals surface area contributed by atoms with Crippen LogP contribution in [-0.2, 0) is 11.3 Å². The highest BCUT2D eigenvalue weighted by atomic mass is 16.5. The second-order valence-corrected chi connectivity index (χ2v) is 7.71. The highest BCUT2D eigenvalue weighted by molar-refractivity contribution is 6.03. The van der Waals surface area contributed by atoms with Crippen LogP contribution in [0.25, 0.3) is 10.9 Å². The van der Waals surface area contributed by atoms with Crippen molar-refractivity contribution >= 4 is 22.5 Å². The Hall–Kier alpha value is -4.33. The van der Waals surface area contributed by atoms with Crippen LogP contribution in [0.2, 0.25) is 0 Å². The standard InChI is InChI=1S/C25H21N5O3/c1-33-19-13-11-18(12-14-19)23-15-22(17-7-3-2-4-8-17)27-30(23)24(31)16-29-25(32)20-9-5-6-10-21(20)26-28-29/h2-14,23H,15-16H2,1H3. The molecule has 1 aliphatic heterocycles. The van der Waals surface area contributed by atoms with Crippen LogP contribution in [0, 0.1) is 0 Å². The van der Waals surface area contributed by atoms with Crippen molar-refractivity contribution in [3.8, 4) is 5.75 Å². The van der Waals surface area contributed by atoms with Gasteiger partial charge in [0, 0.05) is 6.42 Å². The zero-order chi connectivity index (χ0) is 22.8. The summed E-state index contributed by atoms with van der Waals surface area (Å²) in [6, 6.07) is 24.0. The summed E-state index contributed by atoms with van der Waals surface area (Å²) in [5.41, 5.74) is 2.82. The third kappa shape index (κ3) is 3.98. The van der Waals surface area contributed by atoms with Gasteiger partial charge in [0.15, 0.2) is 0 Å². The van der Waals surface area contributed by atoms with Crippen LogP contribution in [0.1, 0.15) is 23.6 Å². The molecule has 164 valence electrons. The lowest BCUT2D eigenvalue weighted by molar-refractivity contribution is -0.134. The number of hydrazone groups is 1. The number of carbonyl (C=O) groups excluding carboxylic acids is 1. The zero-order valence-electron chi connectivity index (χ0n) is 18.0. The molecule has 1 amide bonds. The van der Waals surface area contributed by atoms with Gasteiger partial charge in [-0.3, -0.25) is 9.59 Å². The summed E-state index contributed by atoms with van der Waals surface area (Å²) in [5, 5.41) is 14.6. The minimum atomic E-state index is -0.360. The van der Waals surface area contributed by atoms with Gasteiger partial charge in [-0.15, -0.1) is 5.10 Å². The highest BCUT2D eigenvalue weighted by Gasteiger charge is 2.33. The Morgan fingerprint density at radius 2 is 1.73 bits per heavy atom. The van der Waals surface area contributed by atoms with E-state index in [4.69, 9.17) is 4.74 Å². The molecule has 8 nitrogen and oxygen atoms in total. The Bertz CT molecular complexity index is 1400. The van der Waals surface area contributed by atoms with Gasteiger partial charge < -0.3 is 4.74 Å². The van der Waals surface area contributed by atoms with Gasteiger partial charge in [-0.05, 0) is 35.4 Å². The summed E-state index contributed by atoms with van der Waals surface area (Å²) in [6.07, 6.45) is 0.556. The maximum absolute atomic E-state index is 13.4. The Kier molecular flexibility index (Phi) is 5.40. The molecule has 0 fully saturated rings. The van der Waals surface area contributed by atoms with E-state index in [0.29, 0.717) is 17.3 Å². The largest absolute Gasteiger partial charge is 0.497 e. The maximum Gasteiger partial charge on any atom is 0.278 e. The molecule has 0 saturated heterocycles. The number of ether oxygens (including phenoxy) is 1. The van der Waals surface area contributed by atoms with E-state index in [1.165, 1.54) is 5.01 Å². The molecule has 0 spiro atoms. The zero-order valence-corrected chi connectivity index (χ0v) is 18.0. The molecular weight excluding hydrogens is 418 g/mol. The topological polar surface area (TPSA) is 89.7 Å². The van der Waals surface area contributed by atoms with Crippen molar-refractivity contribution in [2.45, 2.75) is 19.0 Å². The van der Waals surface area contributed by atoms with Gasteiger partial charge in [-0.25, -0.2) is 9.69 Å². The SMILES string of the molecule is COc1ccc(C2CC(c3ccccc3)=NN2C(=O)Cn2nnc3ccccc3c2=O)cc1. The predicted octanol–water partition coefficient (Wildman–Crippen LogP) is 3.18. The quantitative estimate of drug-likeness (QED) is 0.477. The Balaban J connectivity index is 1.49. The first-order chi connectivity index (χ1) is 16.1. The van der Waals surface area contributed by atoms with Crippen LogP contribution in [0.3, 0.4) is 0 Å². The molecule has 1 aromatic heterocycles. The molecule has 8 heteroatoms. The van der Waals surface area contributed by atoms with E-state index in [2.05, 4.69) is 15.4 Å². The van der Waals surface area contributed by atoms with E-state index in [-0.39, 0.29) is 24.1 Å². The molecule has 1 aliphatic rings. The lowest BCUT2D eigenvalue weighted by Crippen LogP contribution is -2.35. The highest BCUT2D eigenvalue weighted by Crippen LogP contribution is 2.33. The molecular formula is C25H21N5O3. The Labute approximate surface area is 189 Å². The number of nitrogens with zero attached hydrogens (tertiary/aromatic N) is 5. The van der Waals surface area contributed by atoms with Gasteiger partial charge in [0.05, 0.1) is 24.2 Å². The molecule has 4 aromatic rings. The van der Waals surface area contributed by atoms with Gasteiger partial charge in [0.2, 0.25) is 0 Å². The molecule has 2 heterocycles. The summed E-state index contributed by atoms with van der Waals surface area (Å²) in [4.78, 5) is 26.2. The number of rotatable bonds is 5. The molecule has 1 unspecified atom stereocenters. The minimum absolute atomic E-state index is 0.255. The van der Waals surface area contributed by atoms with E-state index in [1.807, 2.05) is 54.6 Å². The van der Waals surface area contributed by atoms with E-state index in [0.717, 1.165) is 27.3 Å². The van der Waals surface area contributed by atoms with Crippen LogP contribution >= 0.6 is 0 Å². The molecule has 0 radical (unpaired) electrons. The lowest BCUT2D eigenvalue weighted by Gasteiger charge is -2.22. The van der Waals surface area contributed by atoms with Gasteiger partial charge in [0.25, 0.3) is 11.5 Å². The second-order valence-electron chi connectivity index (χ2n) is 7.71. The smallest absolute Gasteiger partial charge is 0.278 e. The predicted molar refractivity (Wildman–Crippen MR) is 124 cm³/mol. The number of carbonyl (C=O) groups is 1. The van der Waals surface area contributed by atoms with Crippen molar-refractivity contribution in [3.63, 3.8) is 0 Å². The number of hydrogen-bond donors (Lipinski definition) is 0. The summed E-state index contributed by atoms with van der Waals surface area (Å²) in [5.74, 6) is 0.394. The number of amides is 1. The van der Waals surface area contributed by atoms with E-state index >= 15 is 0 Å². The third-order valence-electron chi connectivity index (χ3n) is 5.69. The van der Waals surface area contributed by atoms with E-state index < -0.39 is 0 Å². The van der Waals surface area contributed by atoms with Crippen LogP contribution in [-0.4, -0.2) is 38.7 Å². The van der Waals surface area contributed by atoms with Crippen molar-refractivity contribution < 1.29 is 9.53 Å². The van der Waals surface area contributed by atoms with Crippen molar-refractivity contribution in [1.82, 2.24) is 20.0 Å². The molecule has 0 bridgehead atoms. The summed E-state index contributed by atoms with van der Waals surface area (Å²) < 4.78 is 6.35. The first kappa shape index (κ1) is 20.6. The molecule has 1 atom stereocenters. The molecule has 3 aromatic carbocycles. The first-order valence-electron chi connectivity index (χ1n) is 10.6. The molecule has 33 heavy (non-hydrogen) atoms. The minimum Gasteiger partial charge on any atom is -0.497 e. The third-order valence-corrected chi connectivity index (χ3v) is 5.69. The van der Waals surface area contributed by atoms with Gasteiger partial charge in [-0.2, -0.15) is 5.10 Å². The first-order valence-corrected chi connectivity index (χ1v) is 10.6. The fourth-order valence-corrected chi connectivity index (χ4v) is 3.96. The van der Waals surface area contributed by atoms with Crippen molar-refractivity contribution in [1.29, 1.82) is 0 Å². The number of methoxy groups -OCH3 is 1. The Morgan fingerprint density at radius 1 is 1.00 bits per heavy atom. The molecule has 0 aliphatic carbocycles. The maximum atomic E-state index is 13.4. The van der Waals surface area contributed by atoms with Gasteiger partial charge in [0.1, 0.15) is 17.8 Å². The van der Waals surface area contributed by atoms with Crippen LogP contribution < -0.4 is 10.3 Å². The summed E-state index contributed by atoms with van der Waals surface area (Å²) in [7, 11) is 1.61. The summed E-state index contributed by atoms with van der Waals surface area (Å²) >= 11 is 0. The van der Waals surface area contributed by atoms with E-state index in [1.54, 1.807) is 31.4 Å². The molecule has 0 N–H and O–H groups in total. The van der Waals surface area contributed by atoms with Gasteiger partial charge in [-0.1, -0.05) is 59.8 Å². The summed E-state index contributed by atoms with van der Waals surface area (Å²) in [6.45, 7) is -0.255. The lowest BCUT2D eigenvalue weighted by atomic mass is 9.98. The van der Waals surface area contributed by atoms with Crippen LogP contribution in [0.4, 0.5) is 0 Å². The van der Waals surface area contributed by atoms with Crippen LogP contribution in [0.15, 0.2) is 88.8 Å². The average molecular weight is 439 g/mol. The number of hydrogen-bond acceptors (Lipinski definition) is 6. The average Bonchev–Trinajstić information content (AvgIpc) is 3.32. The molecule has 0 saturated carbocycles. The van der Waals surface area contributed by atoms with E-state index in [9.17, 15) is 9.59 Å². The van der Waals surface area contributed by atoms with Crippen molar-refractivity contribution in [2.75, 3.05) is 7.11 Å². The fraction of sp³-hybridized carbons (Fsp3) is 0.160. The number of fused-ring (bicyclic) bond motifs is 1. The molecule has 5 rings (SSSR count). The van der Waals surface area contributed by atoms with Crippen LogP contribution in [0.5, 0.6) is 5.75 Å². The second kappa shape index (κ2) is 8.66. The van der Waals surface area contributed by atoms with Crippen molar-refractivity contribution in [3.05, 3.63) is 100 Å². The Morgan fingerprint density at radius 3 is 2.48 bits per heavy atom. The normalized spacial score (nSPS) is 15.5. The fourth-order valence-electron chi connectivity index (χ4n) is 3.96. The number of benzene rings is 3. The number of aromatic nitrogens is 3.